The fourth-order valence-corrected chi connectivity index (χ4v) is 3.72. The summed E-state index contributed by atoms with van der Waals surface area (Å²) in [7, 11) is 4.89. The maximum atomic E-state index is 12.6. The van der Waals surface area contributed by atoms with Gasteiger partial charge in [0.25, 0.3) is 5.91 Å². The lowest BCUT2D eigenvalue weighted by Crippen LogP contribution is -2.12. The fraction of sp³-hybridized carbons (Fsp3) is 0.250. The number of nitrogens with zero attached hydrogens (tertiary/aromatic N) is 3. The quantitative estimate of drug-likeness (QED) is 0.536. The van der Waals surface area contributed by atoms with Crippen LogP contribution in [0.2, 0.25) is 0 Å². The van der Waals surface area contributed by atoms with Gasteiger partial charge in [0.2, 0.25) is 0 Å². The minimum Gasteiger partial charge on any atom is -0.495 e. The summed E-state index contributed by atoms with van der Waals surface area (Å²) < 4.78 is 13.5. The topological polar surface area (TPSA) is 94.1 Å². The standard InChI is InChI=1S/C16H16BrN5O3S2/c1-22-12(20-21-16(22)26)6-9-7-27-15(18-9)19-14(23)8-4-10(24-2)13(17)11(5-8)25-3/h4-5,7H,6H2,1-3H3,(H,21,26)(H,18,19,23). The van der Waals surface area contributed by atoms with Gasteiger partial charge in [-0.1, -0.05) is 0 Å². The normalized spacial score (nSPS) is 10.7. The Balaban J connectivity index is 1.76. The SMILES string of the molecule is COc1cc(C(=O)Nc2nc(Cc3n[nH]c(=S)n3C)cs2)cc(OC)c1Br. The lowest BCUT2D eigenvalue weighted by molar-refractivity contribution is 0.102. The van der Waals surface area contributed by atoms with Crippen molar-refractivity contribution in [2.45, 2.75) is 6.42 Å². The summed E-state index contributed by atoms with van der Waals surface area (Å²) in [6, 6.07) is 3.26. The van der Waals surface area contributed by atoms with Gasteiger partial charge in [0, 0.05) is 18.0 Å². The zero-order chi connectivity index (χ0) is 19.6. The minimum atomic E-state index is -0.307. The van der Waals surface area contributed by atoms with Crippen LogP contribution in [0.4, 0.5) is 5.13 Å². The number of methoxy groups -OCH3 is 2. The first-order valence-corrected chi connectivity index (χ1v) is 9.78. The van der Waals surface area contributed by atoms with Crippen LogP contribution in [0.3, 0.4) is 0 Å². The van der Waals surface area contributed by atoms with Gasteiger partial charge in [0.15, 0.2) is 9.90 Å². The second-order valence-corrected chi connectivity index (χ2v) is 7.51. The van der Waals surface area contributed by atoms with E-state index in [0.29, 0.717) is 37.9 Å². The van der Waals surface area contributed by atoms with Crippen LogP contribution in [-0.4, -0.2) is 39.9 Å². The van der Waals surface area contributed by atoms with E-state index in [1.54, 1.807) is 16.7 Å². The largest absolute Gasteiger partial charge is 0.495 e. The molecule has 0 aliphatic carbocycles. The number of amides is 1. The van der Waals surface area contributed by atoms with Gasteiger partial charge in [-0.3, -0.25) is 15.2 Å². The number of anilines is 1. The summed E-state index contributed by atoms with van der Waals surface area (Å²) in [5.74, 6) is 1.47. The van der Waals surface area contributed by atoms with Gasteiger partial charge < -0.3 is 14.0 Å². The molecule has 142 valence electrons. The molecule has 11 heteroatoms. The first-order chi connectivity index (χ1) is 12.9. The second-order valence-electron chi connectivity index (χ2n) is 5.47. The number of hydrogen-bond acceptors (Lipinski definition) is 7. The summed E-state index contributed by atoms with van der Waals surface area (Å²) in [5, 5.41) is 12.1. The zero-order valence-corrected chi connectivity index (χ0v) is 17.9. The Hall–Kier alpha value is -2.24. The highest BCUT2D eigenvalue weighted by Gasteiger charge is 2.16. The molecule has 0 fully saturated rings. The molecule has 0 saturated heterocycles. The van der Waals surface area contributed by atoms with Gasteiger partial charge in [-0.25, -0.2) is 4.98 Å². The highest BCUT2D eigenvalue weighted by atomic mass is 79.9. The average Bonchev–Trinajstić information content (AvgIpc) is 3.23. The number of carbonyl (C=O) groups excluding carboxylic acids is 1. The van der Waals surface area contributed by atoms with E-state index in [1.165, 1.54) is 25.6 Å². The van der Waals surface area contributed by atoms with Gasteiger partial charge >= 0.3 is 0 Å². The molecule has 3 rings (SSSR count). The number of ether oxygens (including phenoxy) is 2. The molecule has 8 nitrogen and oxygen atoms in total. The molecule has 0 aliphatic rings. The molecular weight excluding hydrogens is 454 g/mol. The lowest BCUT2D eigenvalue weighted by atomic mass is 10.2. The van der Waals surface area contributed by atoms with Crippen molar-refractivity contribution in [2.24, 2.45) is 7.05 Å². The number of aromatic amines is 1. The highest BCUT2D eigenvalue weighted by Crippen LogP contribution is 2.35. The number of benzene rings is 1. The number of carbonyl (C=O) groups is 1. The predicted molar refractivity (Wildman–Crippen MR) is 109 cm³/mol. The van der Waals surface area contributed by atoms with E-state index in [4.69, 9.17) is 21.7 Å². The zero-order valence-electron chi connectivity index (χ0n) is 14.7. The predicted octanol–water partition coefficient (Wildman–Crippen LogP) is 3.56. The van der Waals surface area contributed by atoms with E-state index in [1.807, 2.05) is 12.4 Å². The molecule has 2 heterocycles. The smallest absolute Gasteiger partial charge is 0.257 e. The van der Waals surface area contributed by atoms with Crippen molar-refractivity contribution in [2.75, 3.05) is 19.5 Å². The monoisotopic (exact) mass is 469 g/mol. The maximum absolute atomic E-state index is 12.6. The third kappa shape index (κ3) is 4.20. The summed E-state index contributed by atoms with van der Waals surface area (Å²) in [4.78, 5) is 17.0. The number of hydrogen-bond donors (Lipinski definition) is 2. The van der Waals surface area contributed by atoms with Crippen molar-refractivity contribution in [3.05, 3.63) is 43.8 Å². The molecule has 0 radical (unpaired) electrons. The molecule has 3 aromatic rings. The highest BCUT2D eigenvalue weighted by molar-refractivity contribution is 9.10. The minimum absolute atomic E-state index is 0.307. The number of rotatable bonds is 6. The number of H-pyrrole nitrogens is 1. The Bertz CT molecular complexity index is 1020. The van der Waals surface area contributed by atoms with Crippen molar-refractivity contribution in [3.8, 4) is 11.5 Å². The van der Waals surface area contributed by atoms with E-state index < -0.39 is 0 Å². The average molecular weight is 470 g/mol. The summed E-state index contributed by atoms with van der Waals surface area (Å²) in [6.07, 6.45) is 0.510. The van der Waals surface area contributed by atoms with Gasteiger partial charge in [0.1, 0.15) is 21.8 Å². The number of thiazole rings is 1. The van der Waals surface area contributed by atoms with Crippen LogP contribution in [0, 0.1) is 4.77 Å². The molecule has 0 atom stereocenters. The van der Waals surface area contributed by atoms with E-state index in [2.05, 4.69) is 36.4 Å². The Morgan fingerprint density at radius 3 is 2.59 bits per heavy atom. The molecule has 1 aromatic carbocycles. The number of aromatic nitrogens is 4. The van der Waals surface area contributed by atoms with Gasteiger partial charge in [-0.05, 0) is 40.3 Å². The number of halogens is 1. The maximum Gasteiger partial charge on any atom is 0.257 e. The Morgan fingerprint density at radius 2 is 2.04 bits per heavy atom. The molecule has 0 spiro atoms. The summed E-state index contributed by atoms with van der Waals surface area (Å²) in [5.41, 5.74) is 1.19. The molecular formula is C16H16BrN5O3S2. The Labute approximate surface area is 172 Å². The lowest BCUT2D eigenvalue weighted by Gasteiger charge is -2.11. The van der Waals surface area contributed by atoms with E-state index in [0.717, 1.165) is 11.5 Å². The van der Waals surface area contributed by atoms with Crippen LogP contribution in [0.5, 0.6) is 11.5 Å². The van der Waals surface area contributed by atoms with E-state index >= 15 is 0 Å². The van der Waals surface area contributed by atoms with Crippen molar-refractivity contribution < 1.29 is 14.3 Å². The Morgan fingerprint density at radius 1 is 1.37 bits per heavy atom. The van der Waals surface area contributed by atoms with Gasteiger partial charge in [0.05, 0.1) is 26.3 Å². The molecule has 0 aliphatic heterocycles. The summed E-state index contributed by atoms with van der Waals surface area (Å²) >= 11 is 9.83. The van der Waals surface area contributed by atoms with Crippen LogP contribution in [-0.2, 0) is 13.5 Å². The molecule has 0 saturated carbocycles. The van der Waals surface area contributed by atoms with Crippen molar-refractivity contribution in [1.29, 1.82) is 0 Å². The van der Waals surface area contributed by atoms with Crippen molar-refractivity contribution >= 4 is 50.5 Å². The van der Waals surface area contributed by atoms with Crippen molar-refractivity contribution in [3.63, 3.8) is 0 Å². The van der Waals surface area contributed by atoms with Crippen LogP contribution >= 0.6 is 39.5 Å². The van der Waals surface area contributed by atoms with Crippen LogP contribution in [0.15, 0.2) is 22.0 Å². The second kappa shape index (κ2) is 8.19. The molecule has 2 aromatic heterocycles. The van der Waals surface area contributed by atoms with E-state index in [-0.39, 0.29) is 5.91 Å². The summed E-state index contributed by atoms with van der Waals surface area (Å²) in [6.45, 7) is 0. The van der Waals surface area contributed by atoms with Gasteiger partial charge in [-0.2, -0.15) is 5.10 Å². The molecule has 1 amide bonds. The number of nitrogens with one attached hydrogen (secondary N) is 2. The molecule has 27 heavy (non-hydrogen) atoms. The Kier molecular flexibility index (Phi) is 5.92. The molecule has 0 unspecified atom stereocenters. The first kappa shape index (κ1) is 19.5. The molecule has 0 bridgehead atoms. The van der Waals surface area contributed by atoms with Crippen LogP contribution < -0.4 is 14.8 Å². The van der Waals surface area contributed by atoms with Crippen LogP contribution in [0.25, 0.3) is 0 Å². The van der Waals surface area contributed by atoms with Gasteiger partial charge in [-0.15, -0.1) is 11.3 Å². The van der Waals surface area contributed by atoms with Crippen LogP contribution in [0.1, 0.15) is 21.9 Å². The van der Waals surface area contributed by atoms with Crippen molar-refractivity contribution in [1.82, 2.24) is 19.7 Å². The van der Waals surface area contributed by atoms with E-state index in [9.17, 15) is 4.79 Å². The fourth-order valence-electron chi connectivity index (χ4n) is 2.31. The molecule has 2 N–H and O–H groups in total. The third-order valence-electron chi connectivity index (χ3n) is 3.79. The third-order valence-corrected chi connectivity index (χ3v) is 5.74. The first-order valence-electron chi connectivity index (χ1n) is 7.70.